The monoisotopic (exact) mass is 330 g/mol. The number of hydrogen-bond acceptors (Lipinski definition) is 5. The average Bonchev–Trinajstić information content (AvgIpc) is 2.54. The highest BCUT2D eigenvalue weighted by Crippen LogP contribution is 2.30. The molecule has 0 aliphatic heterocycles. The normalized spacial score (nSPS) is 10.7. The highest BCUT2D eigenvalue weighted by atomic mass is 35.5. The summed E-state index contributed by atoms with van der Waals surface area (Å²) in [6.07, 6.45) is 0. The van der Waals surface area contributed by atoms with Crippen molar-refractivity contribution in [1.29, 1.82) is 0 Å². The number of para-hydroxylation sites is 1. The van der Waals surface area contributed by atoms with Gasteiger partial charge in [0.1, 0.15) is 10.8 Å². The van der Waals surface area contributed by atoms with E-state index in [1.54, 1.807) is 36.4 Å². The maximum atomic E-state index is 12.7. The van der Waals surface area contributed by atoms with E-state index in [9.17, 15) is 14.9 Å². The van der Waals surface area contributed by atoms with Crippen LogP contribution in [0.3, 0.4) is 0 Å². The summed E-state index contributed by atoms with van der Waals surface area (Å²) in [6.45, 7) is 0. The molecule has 116 valence electrons. The molecular formula is C15H11ClN4O3. The Bertz CT molecular complexity index is 970. The number of hydrogen-bond donors (Lipinski definition) is 1. The second-order valence-electron chi connectivity index (χ2n) is 4.71. The van der Waals surface area contributed by atoms with Crippen molar-refractivity contribution < 1.29 is 4.92 Å². The molecule has 1 N–H and O–H groups in total. The highest BCUT2D eigenvalue weighted by molar-refractivity contribution is 6.29. The number of fused-ring (bicyclic) bond motifs is 1. The molecule has 0 radical (unpaired) electrons. The molecule has 23 heavy (non-hydrogen) atoms. The van der Waals surface area contributed by atoms with Crippen LogP contribution in [0.2, 0.25) is 5.15 Å². The van der Waals surface area contributed by atoms with Gasteiger partial charge in [0, 0.05) is 12.4 Å². The van der Waals surface area contributed by atoms with E-state index in [-0.39, 0.29) is 16.5 Å². The van der Waals surface area contributed by atoms with Crippen LogP contribution in [0, 0.1) is 10.1 Å². The van der Waals surface area contributed by atoms with Gasteiger partial charge in [0.05, 0.1) is 10.6 Å². The highest BCUT2D eigenvalue weighted by Gasteiger charge is 2.26. The van der Waals surface area contributed by atoms with Crippen molar-refractivity contribution in [3.05, 3.63) is 68.1 Å². The van der Waals surface area contributed by atoms with Gasteiger partial charge in [-0.3, -0.25) is 19.5 Å². The van der Waals surface area contributed by atoms with E-state index in [0.717, 1.165) is 0 Å². The fourth-order valence-electron chi connectivity index (χ4n) is 2.47. The molecule has 8 heteroatoms. The van der Waals surface area contributed by atoms with Crippen molar-refractivity contribution >= 4 is 34.0 Å². The maximum absolute atomic E-state index is 12.7. The Balaban J connectivity index is 2.57. The third kappa shape index (κ3) is 2.40. The first-order valence-electron chi connectivity index (χ1n) is 6.67. The lowest BCUT2D eigenvalue weighted by Gasteiger charge is -2.13. The fraction of sp³-hybridized carbons (Fsp3) is 0.0667. The van der Waals surface area contributed by atoms with E-state index in [1.807, 2.05) is 0 Å². The first-order chi connectivity index (χ1) is 11.0. The minimum Gasteiger partial charge on any atom is -0.382 e. The van der Waals surface area contributed by atoms with E-state index in [1.165, 1.54) is 17.7 Å². The summed E-state index contributed by atoms with van der Waals surface area (Å²) in [6, 6.07) is 11.7. The summed E-state index contributed by atoms with van der Waals surface area (Å²) >= 11 is 5.95. The van der Waals surface area contributed by atoms with Gasteiger partial charge in [-0.1, -0.05) is 29.8 Å². The largest absolute Gasteiger partial charge is 0.382 e. The summed E-state index contributed by atoms with van der Waals surface area (Å²) in [5.74, 6) is 0. The summed E-state index contributed by atoms with van der Waals surface area (Å²) < 4.78 is 1.19. The van der Waals surface area contributed by atoms with Crippen LogP contribution < -0.4 is 10.9 Å². The fourth-order valence-corrected chi connectivity index (χ4v) is 2.61. The lowest BCUT2D eigenvalue weighted by atomic mass is 10.2. The van der Waals surface area contributed by atoms with E-state index in [2.05, 4.69) is 10.3 Å². The summed E-state index contributed by atoms with van der Waals surface area (Å²) in [5.41, 5.74) is -0.459. The van der Waals surface area contributed by atoms with Crippen molar-refractivity contribution in [2.75, 3.05) is 12.4 Å². The van der Waals surface area contributed by atoms with E-state index >= 15 is 0 Å². The van der Waals surface area contributed by atoms with Gasteiger partial charge in [0.2, 0.25) is 0 Å². The molecule has 0 unspecified atom stereocenters. The molecule has 0 aliphatic carbocycles. The van der Waals surface area contributed by atoms with E-state index in [4.69, 9.17) is 11.6 Å². The first kappa shape index (κ1) is 15.0. The van der Waals surface area contributed by atoms with Crippen LogP contribution in [0.25, 0.3) is 16.7 Å². The molecule has 3 aromatic rings. The van der Waals surface area contributed by atoms with Crippen molar-refractivity contribution in [1.82, 2.24) is 9.55 Å². The summed E-state index contributed by atoms with van der Waals surface area (Å²) in [5, 5.41) is 14.8. The lowest BCUT2D eigenvalue weighted by molar-refractivity contribution is -0.385. The number of pyridine rings is 2. The van der Waals surface area contributed by atoms with Crippen molar-refractivity contribution in [2.45, 2.75) is 0 Å². The molecule has 0 bridgehead atoms. The summed E-state index contributed by atoms with van der Waals surface area (Å²) in [7, 11) is 1.52. The van der Waals surface area contributed by atoms with Crippen LogP contribution in [0.4, 0.5) is 11.4 Å². The maximum Gasteiger partial charge on any atom is 0.358 e. The number of nitrogens with one attached hydrogen (secondary N) is 1. The molecule has 0 fully saturated rings. The van der Waals surface area contributed by atoms with E-state index in [0.29, 0.717) is 11.1 Å². The number of nitro groups is 1. The van der Waals surface area contributed by atoms with Gasteiger partial charge >= 0.3 is 11.2 Å². The number of rotatable bonds is 3. The zero-order valence-corrected chi connectivity index (χ0v) is 12.7. The number of halogens is 1. The molecule has 0 atom stereocenters. The molecular weight excluding hydrogens is 320 g/mol. The van der Waals surface area contributed by atoms with Crippen molar-refractivity contribution in [3.8, 4) is 5.69 Å². The van der Waals surface area contributed by atoms with Gasteiger partial charge in [-0.15, -0.1) is 0 Å². The predicted molar refractivity (Wildman–Crippen MR) is 88.6 cm³/mol. The zero-order valence-electron chi connectivity index (χ0n) is 12.0. The standard InChI is InChI=1S/C15H11ClN4O3/c1-17-12-10-7-8-11(16)18-14(10)19(9-5-3-2-4-6-9)15(21)13(12)20(22)23/h2-8,17H,1H3. The third-order valence-corrected chi connectivity index (χ3v) is 3.62. The molecule has 0 saturated heterocycles. The third-order valence-electron chi connectivity index (χ3n) is 3.41. The van der Waals surface area contributed by atoms with Crippen molar-refractivity contribution in [3.63, 3.8) is 0 Å². The van der Waals surface area contributed by atoms with Crippen LogP contribution in [0.5, 0.6) is 0 Å². The molecule has 2 heterocycles. The Kier molecular flexibility index (Phi) is 3.71. The van der Waals surface area contributed by atoms with Crippen LogP contribution in [0.15, 0.2) is 47.3 Å². The van der Waals surface area contributed by atoms with E-state index < -0.39 is 16.2 Å². The molecule has 0 spiro atoms. The van der Waals surface area contributed by atoms with Crippen LogP contribution in [-0.2, 0) is 0 Å². The number of anilines is 1. The van der Waals surface area contributed by atoms with Gasteiger partial charge in [-0.2, -0.15) is 0 Å². The van der Waals surface area contributed by atoms with Gasteiger partial charge in [0.25, 0.3) is 0 Å². The Morgan fingerprint density at radius 2 is 1.91 bits per heavy atom. The number of benzene rings is 1. The molecule has 0 aliphatic rings. The Morgan fingerprint density at radius 1 is 1.22 bits per heavy atom. The van der Waals surface area contributed by atoms with Gasteiger partial charge in [-0.25, -0.2) is 4.98 Å². The topological polar surface area (TPSA) is 90.1 Å². The zero-order chi connectivity index (χ0) is 16.6. The lowest BCUT2D eigenvalue weighted by Crippen LogP contribution is -2.24. The Labute approximate surface area is 135 Å². The van der Waals surface area contributed by atoms with Crippen LogP contribution in [-0.4, -0.2) is 21.5 Å². The first-order valence-corrected chi connectivity index (χ1v) is 7.05. The molecule has 1 aromatic carbocycles. The van der Waals surface area contributed by atoms with Gasteiger partial charge in [0.15, 0.2) is 5.65 Å². The average molecular weight is 331 g/mol. The molecule has 2 aromatic heterocycles. The number of aromatic nitrogens is 2. The smallest absolute Gasteiger partial charge is 0.358 e. The molecule has 7 nitrogen and oxygen atoms in total. The quantitative estimate of drug-likeness (QED) is 0.453. The van der Waals surface area contributed by atoms with Gasteiger partial charge in [-0.05, 0) is 24.3 Å². The van der Waals surface area contributed by atoms with Crippen molar-refractivity contribution in [2.24, 2.45) is 0 Å². The van der Waals surface area contributed by atoms with Gasteiger partial charge < -0.3 is 5.32 Å². The summed E-state index contributed by atoms with van der Waals surface area (Å²) in [4.78, 5) is 27.6. The second-order valence-corrected chi connectivity index (χ2v) is 5.10. The van der Waals surface area contributed by atoms with Crippen LogP contribution >= 0.6 is 11.6 Å². The molecule has 3 rings (SSSR count). The predicted octanol–water partition coefficient (Wildman–Crippen LogP) is 2.99. The second kappa shape index (κ2) is 5.69. The SMILES string of the molecule is CNc1c([N+](=O)[O-])c(=O)n(-c2ccccc2)c2nc(Cl)ccc12. The Morgan fingerprint density at radius 3 is 2.52 bits per heavy atom. The molecule has 0 amide bonds. The Hall–Kier alpha value is -2.93. The molecule has 0 saturated carbocycles. The minimum atomic E-state index is -0.771. The van der Waals surface area contributed by atoms with Crippen LogP contribution in [0.1, 0.15) is 0 Å². The minimum absolute atomic E-state index is 0.117. The number of nitrogens with zero attached hydrogens (tertiary/aromatic N) is 3.